The fourth-order valence-corrected chi connectivity index (χ4v) is 3.71. The van der Waals surface area contributed by atoms with Crippen molar-refractivity contribution in [2.45, 2.75) is 19.4 Å². The predicted octanol–water partition coefficient (Wildman–Crippen LogP) is 2.03. The summed E-state index contributed by atoms with van der Waals surface area (Å²) < 4.78 is 0. The molecule has 2 aliphatic rings. The number of hydrogen-bond acceptors (Lipinski definition) is 3. The van der Waals surface area contributed by atoms with Gasteiger partial charge in [-0.25, -0.2) is 4.98 Å². The molecule has 2 unspecified atom stereocenters. The van der Waals surface area contributed by atoms with E-state index in [1.54, 1.807) is 0 Å². The Morgan fingerprint density at radius 3 is 2.82 bits per heavy atom. The predicted molar refractivity (Wildman–Crippen MR) is 85.6 cm³/mol. The van der Waals surface area contributed by atoms with E-state index in [1.807, 2.05) is 32.0 Å². The van der Waals surface area contributed by atoms with Crippen LogP contribution in [0.2, 0.25) is 5.02 Å². The Balaban J connectivity index is 1.55. The average Bonchev–Trinajstić information content (AvgIpc) is 2.83. The van der Waals surface area contributed by atoms with Gasteiger partial charge in [0, 0.05) is 10.9 Å². The molecule has 0 spiro atoms. The molecule has 22 heavy (non-hydrogen) atoms. The van der Waals surface area contributed by atoms with Crippen LogP contribution in [0.1, 0.15) is 19.7 Å². The van der Waals surface area contributed by atoms with Gasteiger partial charge in [-0.05, 0) is 57.0 Å². The van der Waals surface area contributed by atoms with Crippen molar-refractivity contribution < 1.29 is 4.79 Å². The third-order valence-electron chi connectivity index (χ3n) is 4.87. The van der Waals surface area contributed by atoms with Crippen LogP contribution in [0.25, 0.3) is 11.0 Å². The highest BCUT2D eigenvalue weighted by atomic mass is 35.5. The first-order chi connectivity index (χ1) is 10.5. The number of carbonyl (C=O) groups excluding carboxylic acids is 1. The molecule has 6 heteroatoms. The number of aromatic nitrogens is 2. The van der Waals surface area contributed by atoms with Crippen molar-refractivity contribution in [1.29, 1.82) is 0 Å². The zero-order valence-electron chi connectivity index (χ0n) is 12.6. The Labute approximate surface area is 133 Å². The highest BCUT2D eigenvalue weighted by Gasteiger charge is 2.57. The maximum atomic E-state index is 12.5. The summed E-state index contributed by atoms with van der Waals surface area (Å²) in [4.78, 5) is 20.3. The molecule has 4 rings (SSSR count). The second-order valence-corrected chi connectivity index (χ2v) is 7.31. The minimum atomic E-state index is -0.535. The molecule has 1 aliphatic heterocycles. The molecule has 1 amide bonds. The zero-order chi connectivity index (χ0) is 15.5. The minimum Gasteiger partial charge on any atom is -0.344 e. The Hall–Kier alpha value is -1.59. The monoisotopic (exact) mass is 318 g/mol. The molecule has 1 aromatic carbocycles. The average molecular weight is 319 g/mol. The Morgan fingerprint density at radius 2 is 2.09 bits per heavy atom. The molecule has 1 aliphatic carbocycles. The summed E-state index contributed by atoms with van der Waals surface area (Å²) in [6.07, 6.45) is 0. The number of carbonyl (C=O) groups is 1. The molecule has 2 atom stereocenters. The summed E-state index contributed by atoms with van der Waals surface area (Å²) in [5, 5.41) is 7.13. The summed E-state index contributed by atoms with van der Waals surface area (Å²) in [6.45, 7) is 5.87. The number of fused-ring (bicyclic) bond motifs is 2. The third kappa shape index (κ3) is 2.20. The first kappa shape index (κ1) is 14.0. The molecule has 3 N–H and O–H groups in total. The molecule has 2 heterocycles. The van der Waals surface area contributed by atoms with Crippen molar-refractivity contribution in [3.63, 3.8) is 0 Å². The van der Waals surface area contributed by atoms with E-state index in [2.05, 4.69) is 20.6 Å². The van der Waals surface area contributed by atoms with Crippen molar-refractivity contribution in [2.75, 3.05) is 13.1 Å². The standard InChI is InChI=1S/C16H19ClN4O/c1-16(2,21-14(22)13-9-6-18-7-10(9)13)15-19-11-4-3-8(17)5-12(11)20-15/h3-5,9-10,13,18H,6-7H2,1-2H3,(H,19,20)(H,21,22). The highest BCUT2D eigenvalue weighted by Crippen LogP contribution is 2.49. The second-order valence-electron chi connectivity index (χ2n) is 6.87. The van der Waals surface area contributed by atoms with Crippen LogP contribution in [-0.4, -0.2) is 29.0 Å². The van der Waals surface area contributed by atoms with Crippen LogP contribution in [0.5, 0.6) is 0 Å². The van der Waals surface area contributed by atoms with Gasteiger partial charge < -0.3 is 15.6 Å². The summed E-state index contributed by atoms with van der Waals surface area (Å²) in [5.41, 5.74) is 1.21. The van der Waals surface area contributed by atoms with Gasteiger partial charge in [0.1, 0.15) is 5.82 Å². The first-order valence-electron chi connectivity index (χ1n) is 7.64. The summed E-state index contributed by atoms with van der Waals surface area (Å²) in [6, 6.07) is 5.55. The van der Waals surface area contributed by atoms with Crippen LogP contribution in [0, 0.1) is 17.8 Å². The molecule has 0 bridgehead atoms. The van der Waals surface area contributed by atoms with Gasteiger partial charge in [-0.15, -0.1) is 0 Å². The van der Waals surface area contributed by atoms with Crippen LogP contribution in [0.4, 0.5) is 0 Å². The first-order valence-corrected chi connectivity index (χ1v) is 8.02. The number of hydrogen-bond donors (Lipinski definition) is 3. The molecule has 5 nitrogen and oxygen atoms in total. The number of piperidine rings is 1. The van der Waals surface area contributed by atoms with Crippen LogP contribution in [0.3, 0.4) is 0 Å². The SMILES string of the molecule is CC(C)(NC(=O)C1C2CNCC21)c1nc2ccc(Cl)cc2[nH]1. The van der Waals surface area contributed by atoms with Crippen molar-refractivity contribution in [3.8, 4) is 0 Å². The lowest BCUT2D eigenvalue weighted by Crippen LogP contribution is -2.43. The third-order valence-corrected chi connectivity index (χ3v) is 5.10. The van der Waals surface area contributed by atoms with Crippen LogP contribution >= 0.6 is 11.6 Å². The van der Waals surface area contributed by atoms with Gasteiger partial charge in [0.05, 0.1) is 16.6 Å². The molecular formula is C16H19ClN4O. The fourth-order valence-electron chi connectivity index (χ4n) is 3.54. The number of H-pyrrole nitrogens is 1. The van der Waals surface area contributed by atoms with Gasteiger partial charge in [-0.3, -0.25) is 4.79 Å². The molecule has 0 radical (unpaired) electrons. The van der Waals surface area contributed by atoms with Crippen LogP contribution < -0.4 is 10.6 Å². The number of benzene rings is 1. The summed E-state index contributed by atoms with van der Waals surface area (Å²) in [5.74, 6) is 2.09. The maximum Gasteiger partial charge on any atom is 0.224 e. The van der Waals surface area contributed by atoms with Crippen molar-refractivity contribution in [2.24, 2.45) is 17.8 Å². The molecule has 2 fully saturated rings. The molecular weight excluding hydrogens is 300 g/mol. The molecule has 1 saturated carbocycles. The van der Waals surface area contributed by atoms with Gasteiger partial charge in [0.25, 0.3) is 0 Å². The van der Waals surface area contributed by atoms with E-state index < -0.39 is 5.54 Å². The van der Waals surface area contributed by atoms with Gasteiger partial charge >= 0.3 is 0 Å². The lowest BCUT2D eigenvalue weighted by atomic mass is 10.0. The van der Waals surface area contributed by atoms with E-state index in [0.717, 1.165) is 29.9 Å². The lowest BCUT2D eigenvalue weighted by Gasteiger charge is -2.24. The number of nitrogens with one attached hydrogen (secondary N) is 3. The van der Waals surface area contributed by atoms with E-state index in [-0.39, 0.29) is 11.8 Å². The number of aromatic amines is 1. The summed E-state index contributed by atoms with van der Waals surface area (Å²) in [7, 11) is 0. The van der Waals surface area contributed by atoms with Crippen LogP contribution in [0.15, 0.2) is 18.2 Å². The van der Waals surface area contributed by atoms with E-state index >= 15 is 0 Å². The van der Waals surface area contributed by atoms with E-state index in [9.17, 15) is 4.79 Å². The van der Waals surface area contributed by atoms with Gasteiger partial charge in [0.2, 0.25) is 5.91 Å². The Kier molecular flexibility index (Phi) is 3.00. The van der Waals surface area contributed by atoms with E-state index in [0.29, 0.717) is 16.9 Å². The number of halogens is 1. The van der Waals surface area contributed by atoms with Gasteiger partial charge in [-0.2, -0.15) is 0 Å². The molecule has 1 saturated heterocycles. The number of nitrogens with zero attached hydrogens (tertiary/aromatic N) is 1. The topological polar surface area (TPSA) is 69.8 Å². The van der Waals surface area contributed by atoms with E-state index in [4.69, 9.17) is 11.6 Å². The maximum absolute atomic E-state index is 12.5. The highest BCUT2D eigenvalue weighted by molar-refractivity contribution is 6.31. The minimum absolute atomic E-state index is 0.139. The molecule has 1 aromatic heterocycles. The summed E-state index contributed by atoms with van der Waals surface area (Å²) >= 11 is 6.01. The quantitative estimate of drug-likeness (QED) is 0.811. The van der Waals surface area contributed by atoms with Crippen molar-refractivity contribution in [3.05, 3.63) is 29.0 Å². The van der Waals surface area contributed by atoms with Gasteiger partial charge in [-0.1, -0.05) is 11.6 Å². The smallest absolute Gasteiger partial charge is 0.224 e. The Bertz CT molecular complexity index is 744. The fraction of sp³-hybridized carbons (Fsp3) is 0.500. The lowest BCUT2D eigenvalue weighted by molar-refractivity contribution is -0.124. The van der Waals surface area contributed by atoms with Crippen LogP contribution in [-0.2, 0) is 10.3 Å². The van der Waals surface area contributed by atoms with Crippen molar-refractivity contribution >= 4 is 28.5 Å². The van der Waals surface area contributed by atoms with Gasteiger partial charge in [0.15, 0.2) is 0 Å². The van der Waals surface area contributed by atoms with Crippen molar-refractivity contribution in [1.82, 2.24) is 20.6 Å². The van der Waals surface area contributed by atoms with E-state index in [1.165, 1.54) is 0 Å². The number of amides is 1. The molecule has 2 aromatic rings. The second kappa shape index (κ2) is 4.70. The zero-order valence-corrected chi connectivity index (χ0v) is 13.4. The molecule has 116 valence electrons. The number of imidazole rings is 1. The normalized spacial score (nSPS) is 27.0. The largest absolute Gasteiger partial charge is 0.344 e. The Morgan fingerprint density at radius 1 is 1.36 bits per heavy atom. The number of rotatable bonds is 3.